The highest BCUT2D eigenvalue weighted by Crippen LogP contribution is 2.15. The zero-order valence-electron chi connectivity index (χ0n) is 10.4. The number of rotatable bonds is 6. The second-order valence-corrected chi connectivity index (χ2v) is 3.39. The lowest BCUT2D eigenvalue weighted by molar-refractivity contribution is -0.131. The van der Waals surface area contributed by atoms with Crippen molar-refractivity contribution in [3.05, 3.63) is 35.2 Å². The maximum absolute atomic E-state index is 13.6. The number of carboxylic acid groups (broad SMARTS) is 1. The molecular weight excluding hydrogens is 227 g/mol. The van der Waals surface area contributed by atoms with Crippen molar-refractivity contribution in [1.82, 2.24) is 0 Å². The van der Waals surface area contributed by atoms with Gasteiger partial charge in [0.1, 0.15) is 5.83 Å². The fourth-order valence-electron chi connectivity index (χ4n) is 1.14. The highest BCUT2D eigenvalue weighted by Gasteiger charge is 2.11. The summed E-state index contributed by atoms with van der Waals surface area (Å²) in [5.41, 5.74) is 0.723. The van der Waals surface area contributed by atoms with Gasteiger partial charge < -0.3 is 14.6 Å². The Morgan fingerprint density at radius 1 is 1.24 bits per heavy atom. The molecule has 0 aromatic heterocycles. The van der Waals surface area contributed by atoms with Gasteiger partial charge in [-0.2, -0.15) is 0 Å². The lowest BCUT2D eigenvalue weighted by Crippen LogP contribution is -2.15. The molecule has 0 unspecified atom stereocenters. The van der Waals surface area contributed by atoms with Crippen LogP contribution in [0.1, 0.15) is 13.8 Å². The zero-order valence-corrected chi connectivity index (χ0v) is 10.4. The summed E-state index contributed by atoms with van der Waals surface area (Å²) in [6.07, 6.45) is 2.79. The number of hydrogen-bond donors (Lipinski definition) is 1. The first-order chi connectivity index (χ1) is 7.92. The van der Waals surface area contributed by atoms with Crippen LogP contribution in [0.2, 0.25) is 0 Å². The molecule has 0 aliphatic heterocycles. The van der Waals surface area contributed by atoms with Crippen LogP contribution in [0.5, 0.6) is 0 Å². The largest absolute Gasteiger partial charge is 0.478 e. The smallest absolute Gasteiger partial charge is 0.328 e. The number of ether oxygens (including phenoxy) is 2. The molecule has 4 nitrogen and oxygen atoms in total. The molecular formula is C12H17FO4. The van der Waals surface area contributed by atoms with Gasteiger partial charge in [0.2, 0.25) is 0 Å². The van der Waals surface area contributed by atoms with E-state index >= 15 is 0 Å². The zero-order chi connectivity index (χ0) is 13.4. The molecule has 1 N–H and O–H groups in total. The molecule has 0 atom stereocenters. The minimum Gasteiger partial charge on any atom is -0.478 e. The summed E-state index contributed by atoms with van der Waals surface area (Å²) in [7, 11) is 2.81. The number of methoxy groups -OCH3 is 2. The summed E-state index contributed by atoms with van der Waals surface area (Å²) < 4.78 is 23.4. The Morgan fingerprint density at radius 3 is 2.18 bits per heavy atom. The van der Waals surface area contributed by atoms with Gasteiger partial charge in [-0.25, -0.2) is 9.18 Å². The fraction of sp³-hybridized carbons (Fsp3) is 0.417. The van der Waals surface area contributed by atoms with Gasteiger partial charge in [0, 0.05) is 25.9 Å². The summed E-state index contributed by atoms with van der Waals surface area (Å²) in [4.78, 5) is 10.3. The van der Waals surface area contributed by atoms with Crippen LogP contribution in [-0.2, 0) is 14.3 Å². The Hall–Kier alpha value is -1.46. The minimum absolute atomic E-state index is 0.286. The van der Waals surface area contributed by atoms with Crippen LogP contribution in [-0.4, -0.2) is 31.6 Å². The van der Waals surface area contributed by atoms with Crippen LogP contribution in [0.15, 0.2) is 35.2 Å². The van der Waals surface area contributed by atoms with Gasteiger partial charge in [-0.05, 0) is 25.5 Å². The third-order valence-electron chi connectivity index (χ3n) is 2.00. The van der Waals surface area contributed by atoms with Crippen molar-refractivity contribution in [3.63, 3.8) is 0 Å². The van der Waals surface area contributed by atoms with E-state index in [9.17, 15) is 9.18 Å². The number of allylic oxidation sites excluding steroid dienone is 4. The van der Waals surface area contributed by atoms with Crippen molar-refractivity contribution in [2.24, 2.45) is 0 Å². The monoisotopic (exact) mass is 244 g/mol. The maximum atomic E-state index is 13.6. The second kappa shape index (κ2) is 7.76. The molecule has 0 fully saturated rings. The summed E-state index contributed by atoms with van der Waals surface area (Å²) in [6.45, 7) is 3.10. The van der Waals surface area contributed by atoms with Gasteiger partial charge in [0.25, 0.3) is 0 Å². The molecule has 5 heteroatoms. The maximum Gasteiger partial charge on any atom is 0.328 e. The molecule has 0 bridgehead atoms. The Bertz CT molecular complexity index is 352. The molecule has 0 saturated heterocycles. The number of aliphatic carboxylic acids is 1. The van der Waals surface area contributed by atoms with Crippen molar-refractivity contribution in [1.29, 1.82) is 0 Å². The Balaban J connectivity index is 4.83. The normalized spacial score (nSPS) is 14.4. The molecule has 0 spiro atoms. The quantitative estimate of drug-likeness (QED) is 0.443. The van der Waals surface area contributed by atoms with Crippen molar-refractivity contribution in [2.75, 3.05) is 14.2 Å². The topological polar surface area (TPSA) is 55.8 Å². The highest BCUT2D eigenvalue weighted by molar-refractivity contribution is 5.81. The predicted octanol–water partition coefficient (Wildman–Crippen LogP) is 2.44. The summed E-state index contributed by atoms with van der Waals surface area (Å²) in [5, 5.41) is 8.47. The van der Waals surface area contributed by atoms with E-state index in [0.29, 0.717) is 5.57 Å². The average molecular weight is 244 g/mol. The number of carboxylic acids is 1. The molecule has 0 rings (SSSR count). The van der Waals surface area contributed by atoms with E-state index in [1.807, 2.05) is 0 Å². The van der Waals surface area contributed by atoms with E-state index in [1.54, 1.807) is 6.92 Å². The van der Waals surface area contributed by atoms with Gasteiger partial charge in [-0.1, -0.05) is 6.08 Å². The van der Waals surface area contributed by atoms with E-state index in [2.05, 4.69) is 0 Å². The van der Waals surface area contributed by atoms with Gasteiger partial charge in [0.15, 0.2) is 6.29 Å². The lowest BCUT2D eigenvalue weighted by Gasteiger charge is -2.13. The first-order valence-electron chi connectivity index (χ1n) is 4.93. The average Bonchev–Trinajstić information content (AvgIpc) is 2.26. The van der Waals surface area contributed by atoms with Gasteiger partial charge in [-0.3, -0.25) is 0 Å². The van der Waals surface area contributed by atoms with Crippen molar-refractivity contribution >= 4 is 5.97 Å². The standard InChI is InChI=1S/C12H17FO4/c1-8(7-11(14)15)5-6-10(13)9(2)12(16-3)17-4/h5-7,12H,1-4H3,(H,14,15). The Kier molecular flexibility index (Phi) is 7.09. The summed E-state index contributed by atoms with van der Waals surface area (Å²) >= 11 is 0. The molecule has 0 radical (unpaired) electrons. The lowest BCUT2D eigenvalue weighted by atomic mass is 10.2. The van der Waals surface area contributed by atoms with Crippen LogP contribution >= 0.6 is 0 Å². The summed E-state index contributed by atoms with van der Waals surface area (Å²) in [5.74, 6) is -1.59. The number of carbonyl (C=O) groups is 1. The first kappa shape index (κ1) is 15.5. The van der Waals surface area contributed by atoms with E-state index in [0.717, 1.165) is 6.08 Å². The fourth-order valence-corrected chi connectivity index (χ4v) is 1.14. The SMILES string of the molecule is COC(OC)C(C)=C(F)C=CC(C)=CC(=O)O. The molecule has 0 amide bonds. The summed E-state index contributed by atoms with van der Waals surface area (Å²) in [6, 6.07) is 0. The Labute approximate surface area is 100 Å². The van der Waals surface area contributed by atoms with Crippen LogP contribution in [0.4, 0.5) is 4.39 Å². The predicted molar refractivity (Wildman–Crippen MR) is 62.1 cm³/mol. The van der Waals surface area contributed by atoms with Gasteiger partial charge >= 0.3 is 5.97 Å². The van der Waals surface area contributed by atoms with Gasteiger partial charge in [-0.15, -0.1) is 0 Å². The molecule has 17 heavy (non-hydrogen) atoms. The third kappa shape index (κ3) is 5.99. The second-order valence-electron chi connectivity index (χ2n) is 3.39. The molecule has 0 saturated carbocycles. The first-order valence-corrected chi connectivity index (χ1v) is 4.93. The van der Waals surface area contributed by atoms with Crippen molar-refractivity contribution < 1.29 is 23.8 Å². The number of halogens is 1. The van der Waals surface area contributed by atoms with Crippen molar-refractivity contribution in [3.8, 4) is 0 Å². The van der Waals surface area contributed by atoms with Crippen LogP contribution in [0, 0.1) is 0 Å². The van der Waals surface area contributed by atoms with Crippen molar-refractivity contribution in [2.45, 2.75) is 20.1 Å². The minimum atomic E-state index is -1.07. The highest BCUT2D eigenvalue weighted by atomic mass is 19.1. The molecule has 0 aromatic carbocycles. The van der Waals surface area contributed by atoms with Gasteiger partial charge in [0.05, 0.1) is 0 Å². The molecule has 0 aliphatic rings. The van der Waals surface area contributed by atoms with E-state index in [-0.39, 0.29) is 5.57 Å². The van der Waals surface area contributed by atoms with Crippen LogP contribution in [0.3, 0.4) is 0 Å². The van der Waals surface area contributed by atoms with Crippen LogP contribution in [0.25, 0.3) is 0 Å². The molecule has 0 aliphatic carbocycles. The van der Waals surface area contributed by atoms with E-state index < -0.39 is 18.1 Å². The van der Waals surface area contributed by atoms with E-state index in [4.69, 9.17) is 14.6 Å². The molecule has 0 heterocycles. The number of hydrogen-bond acceptors (Lipinski definition) is 3. The molecule has 96 valence electrons. The Morgan fingerprint density at radius 2 is 1.76 bits per heavy atom. The van der Waals surface area contributed by atoms with Crippen LogP contribution < -0.4 is 0 Å². The third-order valence-corrected chi connectivity index (χ3v) is 2.00. The molecule has 0 aromatic rings. The van der Waals surface area contributed by atoms with E-state index in [1.165, 1.54) is 33.3 Å².